The summed E-state index contributed by atoms with van der Waals surface area (Å²) >= 11 is 0. The molecule has 0 aromatic heterocycles. The quantitative estimate of drug-likeness (QED) is 0.581. The number of nitrogens with zero attached hydrogens (tertiary/aromatic N) is 2. The van der Waals surface area contributed by atoms with Gasteiger partial charge in [0.05, 0.1) is 11.5 Å². The number of sulfone groups is 1. The lowest BCUT2D eigenvalue weighted by molar-refractivity contribution is -0.131. The average Bonchev–Trinajstić information content (AvgIpc) is 2.98. The first-order chi connectivity index (χ1) is 14.8. The highest BCUT2D eigenvalue weighted by molar-refractivity contribution is 7.90. The maximum absolute atomic E-state index is 13.9. The van der Waals surface area contributed by atoms with Crippen molar-refractivity contribution in [2.24, 2.45) is 0 Å². The van der Waals surface area contributed by atoms with Crippen molar-refractivity contribution in [1.29, 1.82) is 0 Å². The zero-order valence-electron chi connectivity index (χ0n) is 17.8. The Kier molecular flexibility index (Phi) is 8.03. The molecule has 31 heavy (non-hydrogen) atoms. The molecule has 0 spiro atoms. The Morgan fingerprint density at radius 2 is 1.77 bits per heavy atom. The van der Waals surface area contributed by atoms with E-state index in [1.807, 2.05) is 11.0 Å². The molecule has 2 aromatic carbocycles. The van der Waals surface area contributed by atoms with Crippen LogP contribution in [0.3, 0.4) is 0 Å². The molecule has 0 unspecified atom stereocenters. The van der Waals surface area contributed by atoms with Gasteiger partial charge in [-0.25, -0.2) is 12.8 Å². The summed E-state index contributed by atoms with van der Waals surface area (Å²) in [5, 5.41) is 0. The molecule has 6 nitrogen and oxygen atoms in total. The van der Waals surface area contributed by atoms with Crippen molar-refractivity contribution in [1.82, 2.24) is 9.80 Å². The molecule has 0 atom stereocenters. The Morgan fingerprint density at radius 3 is 2.48 bits per heavy atom. The number of ether oxygens (including phenoxy) is 1. The zero-order valence-corrected chi connectivity index (χ0v) is 18.6. The minimum absolute atomic E-state index is 0.101. The Labute approximate surface area is 183 Å². The molecule has 3 rings (SSSR count). The lowest BCUT2D eigenvalue weighted by Crippen LogP contribution is -2.35. The van der Waals surface area contributed by atoms with Crippen LogP contribution in [0.4, 0.5) is 4.39 Å². The molecule has 8 heteroatoms. The summed E-state index contributed by atoms with van der Waals surface area (Å²) in [7, 11) is -3.22. The van der Waals surface area contributed by atoms with E-state index in [9.17, 15) is 17.6 Å². The maximum atomic E-state index is 13.9. The van der Waals surface area contributed by atoms with Crippen molar-refractivity contribution in [3.63, 3.8) is 0 Å². The standard InChI is InChI=1S/C23H29FN2O4S/c1-31(28,29)21-11-9-20(10-12-21)30-17-4-8-23(27)26-14-5-13-25(15-16-26)18-19-6-2-3-7-22(19)24/h2-3,6-7,9-12H,4-5,8,13-18H2,1H3. The molecule has 1 heterocycles. The second kappa shape index (κ2) is 10.7. The normalized spacial score (nSPS) is 15.5. The third-order valence-electron chi connectivity index (χ3n) is 5.35. The van der Waals surface area contributed by atoms with E-state index in [0.29, 0.717) is 50.4 Å². The first-order valence-electron chi connectivity index (χ1n) is 10.5. The fourth-order valence-electron chi connectivity index (χ4n) is 3.60. The Hall–Kier alpha value is -2.45. The van der Waals surface area contributed by atoms with E-state index < -0.39 is 9.84 Å². The van der Waals surface area contributed by atoms with Crippen LogP contribution in [0.15, 0.2) is 53.4 Å². The molecule has 1 fully saturated rings. The highest BCUT2D eigenvalue weighted by Crippen LogP contribution is 2.17. The smallest absolute Gasteiger partial charge is 0.222 e. The van der Waals surface area contributed by atoms with Gasteiger partial charge < -0.3 is 9.64 Å². The number of hydrogen-bond donors (Lipinski definition) is 0. The third kappa shape index (κ3) is 7.04. The Bertz CT molecular complexity index is 979. The highest BCUT2D eigenvalue weighted by atomic mass is 32.2. The number of carbonyl (C=O) groups is 1. The van der Waals surface area contributed by atoms with Crippen LogP contribution < -0.4 is 4.74 Å². The van der Waals surface area contributed by atoms with E-state index in [4.69, 9.17) is 4.74 Å². The number of rotatable bonds is 8. The number of hydrogen-bond acceptors (Lipinski definition) is 5. The fourth-order valence-corrected chi connectivity index (χ4v) is 4.23. The van der Waals surface area contributed by atoms with E-state index in [1.54, 1.807) is 24.3 Å². The van der Waals surface area contributed by atoms with Gasteiger partial charge in [0.25, 0.3) is 0 Å². The molecule has 0 saturated carbocycles. The predicted octanol–water partition coefficient (Wildman–Crippen LogP) is 3.12. The topological polar surface area (TPSA) is 66.9 Å². The molecule has 0 N–H and O–H groups in total. The minimum atomic E-state index is -3.22. The first-order valence-corrected chi connectivity index (χ1v) is 12.4. The summed E-state index contributed by atoms with van der Waals surface area (Å²) in [6, 6.07) is 13.1. The molecule has 1 aliphatic heterocycles. The number of benzene rings is 2. The molecule has 2 aromatic rings. The second-order valence-corrected chi connectivity index (χ2v) is 9.81. The van der Waals surface area contributed by atoms with Crippen LogP contribution in [0.5, 0.6) is 5.75 Å². The van der Waals surface area contributed by atoms with Gasteiger partial charge in [-0.05, 0) is 43.2 Å². The van der Waals surface area contributed by atoms with Gasteiger partial charge in [0.2, 0.25) is 5.91 Å². The van der Waals surface area contributed by atoms with Gasteiger partial charge >= 0.3 is 0 Å². The molecule has 1 amide bonds. The average molecular weight is 449 g/mol. The van der Waals surface area contributed by atoms with E-state index >= 15 is 0 Å². The van der Waals surface area contributed by atoms with Gasteiger partial charge in [-0.3, -0.25) is 9.69 Å². The molecular weight excluding hydrogens is 419 g/mol. The van der Waals surface area contributed by atoms with E-state index in [-0.39, 0.29) is 16.6 Å². The maximum Gasteiger partial charge on any atom is 0.222 e. The SMILES string of the molecule is CS(=O)(=O)c1ccc(OCCCC(=O)N2CCCN(Cc3ccccc3F)CC2)cc1. The van der Waals surface area contributed by atoms with Crippen LogP contribution in [0, 0.1) is 5.82 Å². The monoisotopic (exact) mass is 448 g/mol. The predicted molar refractivity (Wildman–Crippen MR) is 117 cm³/mol. The third-order valence-corrected chi connectivity index (χ3v) is 6.48. The largest absolute Gasteiger partial charge is 0.494 e. The summed E-state index contributed by atoms with van der Waals surface area (Å²) < 4.78 is 42.5. The van der Waals surface area contributed by atoms with Gasteiger partial charge in [0.15, 0.2) is 9.84 Å². The highest BCUT2D eigenvalue weighted by Gasteiger charge is 2.19. The second-order valence-electron chi connectivity index (χ2n) is 7.80. The molecule has 0 radical (unpaired) electrons. The van der Waals surface area contributed by atoms with Gasteiger partial charge in [0, 0.05) is 51.0 Å². The van der Waals surface area contributed by atoms with Gasteiger partial charge in [0.1, 0.15) is 11.6 Å². The van der Waals surface area contributed by atoms with Crippen molar-refractivity contribution in [2.75, 3.05) is 39.0 Å². The molecule has 0 aliphatic carbocycles. The summed E-state index contributed by atoms with van der Waals surface area (Å²) in [6.45, 7) is 3.85. The van der Waals surface area contributed by atoms with Crippen LogP contribution in [0.1, 0.15) is 24.8 Å². The van der Waals surface area contributed by atoms with Crippen LogP contribution >= 0.6 is 0 Å². The van der Waals surface area contributed by atoms with Gasteiger partial charge in [-0.2, -0.15) is 0 Å². The summed E-state index contributed by atoms with van der Waals surface area (Å²) in [6.07, 6.45) is 3.01. The summed E-state index contributed by atoms with van der Waals surface area (Å²) in [4.78, 5) is 16.9. The van der Waals surface area contributed by atoms with E-state index in [1.165, 1.54) is 18.2 Å². The molecular formula is C23H29FN2O4S. The van der Waals surface area contributed by atoms with Crippen LogP contribution in [-0.2, 0) is 21.2 Å². The van der Waals surface area contributed by atoms with Gasteiger partial charge in [-0.15, -0.1) is 0 Å². The molecule has 168 valence electrons. The fraction of sp³-hybridized carbons (Fsp3) is 0.435. The van der Waals surface area contributed by atoms with Crippen molar-refractivity contribution in [3.05, 3.63) is 59.9 Å². The van der Waals surface area contributed by atoms with E-state index in [0.717, 1.165) is 25.8 Å². The number of amides is 1. The lowest BCUT2D eigenvalue weighted by atomic mass is 10.2. The van der Waals surface area contributed by atoms with Crippen molar-refractivity contribution in [2.45, 2.75) is 30.7 Å². The van der Waals surface area contributed by atoms with Crippen molar-refractivity contribution >= 4 is 15.7 Å². The Balaban J connectivity index is 1.39. The molecule has 0 bridgehead atoms. The van der Waals surface area contributed by atoms with Crippen LogP contribution in [0.2, 0.25) is 0 Å². The number of halogens is 1. The molecule has 1 saturated heterocycles. The molecule has 1 aliphatic rings. The van der Waals surface area contributed by atoms with Crippen LogP contribution in [-0.4, -0.2) is 63.2 Å². The van der Waals surface area contributed by atoms with Crippen molar-refractivity contribution < 1.29 is 22.3 Å². The number of carbonyl (C=O) groups excluding carboxylic acids is 1. The zero-order chi connectivity index (χ0) is 22.3. The minimum Gasteiger partial charge on any atom is -0.494 e. The Morgan fingerprint density at radius 1 is 1.03 bits per heavy atom. The first kappa shape index (κ1) is 23.2. The summed E-state index contributed by atoms with van der Waals surface area (Å²) in [5.74, 6) is 0.493. The van der Waals surface area contributed by atoms with Gasteiger partial charge in [-0.1, -0.05) is 18.2 Å². The van der Waals surface area contributed by atoms with E-state index in [2.05, 4.69) is 4.90 Å². The lowest BCUT2D eigenvalue weighted by Gasteiger charge is -2.22. The van der Waals surface area contributed by atoms with Crippen molar-refractivity contribution in [3.8, 4) is 5.75 Å². The van der Waals surface area contributed by atoms with Crippen LogP contribution in [0.25, 0.3) is 0 Å². The summed E-state index contributed by atoms with van der Waals surface area (Å²) in [5.41, 5.74) is 0.684.